The van der Waals surface area contributed by atoms with Crippen LogP contribution in [0, 0.1) is 0 Å². The van der Waals surface area contributed by atoms with Crippen molar-refractivity contribution in [3.8, 4) is 0 Å². The first-order valence-electron chi connectivity index (χ1n) is 9.19. The van der Waals surface area contributed by atoms with Crippen molar-refractivity contribution < 1.29 is 9.59 Å². The highest BCUT2D eigenvalue weighted by molar-refractivity contribution is 5.88. The van der Waals surface area contributed by atoms with E-state index in [0.717, 1.165) is 11.1 Å². The zero-order chi connectivity index (χ0) is 18.9. The van der Waals surface area contributed by atoms with Crippen molar-refractivity contribution in [2.45, 2.75) is 52.2 Å². The second-order valence-electron chi connectivity index (χ2n) is 6.76. The van der Waals surface area contributed by atoms with Gasteiger partial charge in [0.1, 0.15) is 6.04 Å². The minimum Gasteiger partial charge on any atom is -0.352 e. The molecule has 2 aromatic carbocycles. The molecule has 0 aromatic heterocycles. The number of nitrogens with zero attached hydrogens (tertiary/aromatic N) is 1. The van der Waals surface area contributed by atoms with Crippen LogP contribution in [0.1, 0.15) is 38.3 Å². The molecule has 26 heavy (non-hydrogen) atoms. The molecule has 2 aromatic rings. The first-order valence-corrected chi connectivity index (χ1v) is 9.19. The molecule has 138 valence electrons. The summed E-state index contributed by atoms with van der Waals surface area (Å²) in [5, 5.41) is 2.95. The number of benzene rings is 2. The lowest BCUT2D eigenvalue weighted by molar-refractivity contribution is -0.141. The Morgan fingerprint density at radius 2 is 1.46 bits per heavy atom. The summed E-state index contributed by atoms with van der Waals surface area (Å²) in [6, 6.07) is 19.0. The van der Waals surface area contributed by atoms with E-state index in [1.807, 2.05) is 81.4 Å². The van der Waals surface area contributed by atoms with Crippen LogP contribution in [0.15, 0.2) is 60.7 Å². The Labute approximate surface area is 156 Å². The van der Waals surface area contributed by atoms with E-state index < -0.39 is 6.04 Å². The molecule has 2 amide bonds. The lowest BCUT2D eigenvalue weighted by atomic mass is 10.1. The Bertz CT molecular complexity index is 699. The molecule has 4 heteroatoms. The van der Waals surface area contributed by atoms with Crippen molar-refractivity contribution in [1.82, 2.24) is 10.2 Å². The van der Waals surface area contributed by atoms with Gasteiger partial charge in [-0.1, -0.05) is 67.6 Å². The Morgan fingerprint density at radius 3 is 1.96 bits per heavy atom. The Balaban J connectivity index is 2.24. The van der Waals surface area contributed by atoms with E-state index in [0.29, 0.717) is 19.4 Å². The Morgan fingerprint density at radius 1 is 0.923 bits per heavy atom. The molecule has 1 atom stereocenters. The molecule has 0 spiro atoms. The van der Waals surface area contributed by atoms with E-state index in [-0.39, 0.29) is 17.9 Å². The molecule has 0 fully saturated rings. The van der Waals surface area contributed by atoms with Crippen molar-refractivity contribution >= 4 is 11.8 Å². The molecule has 0 radical (unpaired) electrons. The highest BCUT2D eigenvalue weighted by atomic mass is 16.2. The highest BCUT2D eigenvalue weighted by Crippen LogP contribution is 2.14. The summed E-state index contributed by atoms with van der Waals surface area (Å²) < 4.78 is 0. The first kappa shape index (κ1) is 19.7. The monoisotopic (exact) mass is 352 g/mol. The van der Waals surface area contributed by atoms with Gasteiger partial charge in [-0.2, -0.15) is 0 Å². The molecule has 0 heterocycles. The Hall–Kier alpha value is -2.62. The number of amides is 2. The molecule has 0 bridgehead atoms. The van der Waals surface area contributed by atoms with Crippen LogP contribution in [0.2, 0.25) is 0 Å². The van der Waals surface area contributed by atoms with Gasteiger partial charge in [-0.15, -0.1) is 0 Å². The smallest absolute Gasteiger partial charge is 0.243 e. The fourth-order valence-electron chi connectivity index (χ4n) is 2.95. The number of carbonyl (C=O) groups excluding carboxylic acids is 2. The molecule has 1 N–H and O–H groups in total. The molecule has 0 aliphatic carbocycles. The van der Waals surface area contributed by atoms with Gasteiger partial charge in [-0.3, -0.25) is 9.59 Å². The summed E-state index contributed by atoms with van der Waals surface area (Å²) in [7, 11) is 0. The van der Waals surface area contributed by atoms with Crippen molar-refractivity contribution in [1.29, 1.82) is 0 Å². The quantitative estimate of drug-likeness (QED) is 0.790. The predicted molar refractivity (Wildman–Crippen MR) is 104 cm³/mol. The number of rotatable bonds is 8. The average molecular weight is 352 g/mol. The maximum absolute atomic E-state index is 13.1. The van der Waals surface area contributed by atoms with Crippen LogP contribution in [0.25, 0.3) is 0 Å². The largest absolute Gasteiger partial charge is 0.352 e. The van der Waals surface area contributed by atoms with E-state index in [1.165, 1.54) is 0 Å². The van der Waals surface area contributed by atoms with Gasteiger partial charge in [0.05, 0.1) is 6.42 Å². The van der Waals surface area contributed by atoms with Gasteiger partial charge in [-0.05, 0) is 31.4 Å². The third-order valence-electron chi connectivity index (χ3n) is 4.21. The van der Waals surface area contributed by atoms with Crippen LogP contribution in [-0.2, 0) is 22.6 Å². The molecule has 0 aliphatic rings. The molecule has 0 aliphatic heterocycles. The number of hydrogen-bond donors (Lipinski definition) is 1. The average Bonchev–Trinajstić information content (AvgIpc) is 2.62. The zero-order valence-corrected chi connectivity index (χ0v) is 15.8. The van der Waals surface area contributed by atoms with E-state index in [2.05, 4.69) is 5.32 Å². The van der Waals surface area contributed by atoms with Crippen molar-refractivity contribution in [2.75, 3.05) is 0 Å². The highest BCUT2D eigenvalue weighted by Gasteiger charge is 2.28. The van der Waals surface area contributed by atoms with Crippen LogP contribution in [0.4, 0.5) is 0 Å². The maximum atomic E-state index is 13.1. The SMILES string of the molecule is CCC(C(=O)NC(C)C)N(Cc1ccccc1)C(=O)Cc1ccccc1. The summed E-state index contributed by atoms with van der Waals surface area (Å²) in [5.74, 6) is -0.134. The predicted octanol–water partition coefficient (Wildman–Crippen LogP) is 3.56. The Kier molecular flexibility index (Phi) is 7.39. The van der Waals surface area contributed by atoms with Gasteiger partial charge in [-0.25, -0.2) is 0 Å². The van der Waals surface area contributed by atoms with Crippen LogP contribution in [0.5, 0.6) is 0 Å². The fourth-order valence-corrected chi connectivity index (χ4v) is 2.95. The first-order chi connectivity index (χ1) is 12.5. The molecular formula is C22H28N2O2. The van der Waals surface area contributed by atoms with Gasteiger partial charge in [0.15, 0.2) is 0 Å². The topological polar surface area (TPSA) is 49.4 Å². The summed E-state index contributed by atoms with van der Waals surface area (Å²) in [5.41, 5.74) is 1.97. The van der Waals surface area contributed by atoms with E-state index in [4.69, 9.17) is 0 Å². The molecular weight excluding hydrogens is 324 g/mol. The summed E-state index contributed by atoms with van der Waals surface area (Å²) in [6.07, 6.45) is 0.866. The second kappa shape index (κ2) is 9.76. The number of nitrogens with one attached hydrogen (secondary N) is 1. The minimum absolute atomic E-state index is 0.0363. The number of carbonyl (C=O) groups is 2. The lowest BCUT2D eigenvalue weighted by Gasteiger charge is -2.31. The molecule has 4 nitrogen and oxygen atoms in total. The maximum Gasteiger partial charge on any atom is 0.243 e. The molecule has 0 saturated carbocycles. The second-order valence-corrected chi connectivity index (χ2v) is 6.76. The van der Waals surface area contributed by atoms with E-state index >= 15 is 0 Å². The minimum atomic E-state index is -0.478. The van der Waals surface area contributed by atoms with E-state index in [1.54, 1.807) is 4.90 Å². The van der Waals surface area contributed by atoms with Crippen LogP contribution >= 0.6 is 0 Å². The van der Waals surface area contributed by atoms with Gasteiger partial charge >= 0.3 is 0 Å². The van der Waals surface area contributed by atoms with Gasteiger partial charge in [0, 0.05) is 12.6 Å². The van der Waals surface area contributed by atoms with Crippen molar-refractivity contribution in [3.63, 3.8) is 0 Å². The summed E-state index contributed by atoms with van der Waals surface area (Å²) >= 11 is 0. The summed E-state index contributed by atoms with van der Waals surface area (Å²) in [6.45, 7) is 6.23. The zero-order valence-electron chi connectivity index (χ0n) is 15.8. The van der Waals surface area contributed by atoms with Gasteiger partial charge in [0.2, 0.25) is 11.8 Å². The standard InChI is InChI=1S/C22H28N2O2/c1-4-20(22(26)23-17(2)3)24(16-19-13-9-6-10-14-19)21(25)15-18-11-7-5-8-12-18/h5-14,17,20H,4,15-16H2,1-3H3,(H,23,26). The third-order valence-corrected chi connectivity index (χ3v) is 4.21. The molecule has 0 saturated heterocycles. The summed E-state index contributed by atoms with van der Waals surface area (Å²) in [4.78, 5) is 27.4. The lowest BCUT2D eigenvalue weighted by Crippen LogP contribution is -2.50. The number of hydrogen-bond acceptors (Lipinski definition) is 2. The van der Waals surface area contributed by atoms with Crippen LogP contribution in [-0.4, -0.2) is 28.8 Å². The van der Waals surface area contributed by atoms with Crippen molar-refractivity contribution in [2.24, 2.45) is 0 Å². The third kappa shape index (κ3) is 5.73. The van der Waals surface area contributed by atoms with E-state index in [9.17, 15) is 9.59 Å². The fraction of sp³-hybridized carbons (Fsp3) is 0.364. The van der Waals surface area contributed by atoms with Crippen molar-refractivity contribution in [3.05, 3.63) is 71.8 Å². The van der Waals surface area contributed by atoms with Crippen LogP contribution < -0.4 is 5.32 Å². The molecule has 1 unspecified atom stereocenters. The van der Waals surface area contributed by atoms with Gasteiger partial charge in [0.25, 0.3) is 0 Å². The van der Waals surface area contributed by atoms with Gasteiger partial charge < -0.3 is 10.2 Å². The molecule has 2 rings (SSSR count). The van der Waals surface area contributed by atoms with Crippen LogP contribution in [0.3, 0.4) is 0 Å². The normalized spacial score (nSPS) is 11.8.